The van der Waals surface area contributed by atoms with Gasteiger partial charge in [0, 0.05) is 41.2 Å². The molecule has 0 fully saturated rings. The van der Waals surface area contributed by atoms with E-state index in [0.717, 1.165) is 25.2 Å². The summed E-state index contributed by atoms with van der Waals surface area (Å²) in [5.41, 5.74) is 1.03. The lowest BCUT2D eigenvalue weighted by molar-refractivity contribution is 0.221. The zero-order chi connectivity index (χ0) is 15.2. The number of pyridine rings is 1. The maximum Gasteiger partial charge on any atom is 0.0475 e. The number of aliphatic hydroxyl groups is 1. The molecule has 0 radical (unpaired) electrons. The van der Waals surface area contributed by atoms with Crippen molar-refractivity contribution in [1.29, 1.82) is 0 Å². The van der Waals surface area contributed by atoms with Crippen molar-refractivity contribution in [3.63, 3.8) is 0 Å². The second kappa shape index (κ2) is 7.49. The van der Waals surface area contributed by atoms with Gasteiger partial charge in [-0.1, -0.05) is 24.3 Å². The van der Waals surface area contributed by atoms with Gasteiger partial charge in [0.25, 0.3) is 0 Å². The van der Waals surface area contributed by atoms with Gasteiger partial charge >= 0.3 is 0 Å². The highest BCUT2D eigenvalue weighted by atomic mass is 32.1. The third-order valence-electron chi connectivity index (χ3n) is 3.69. The third-order valence-corrected chi connectivity index (χ3v) is 4.81. The van der Waals surface area contributed by atoms with Gasteiger partial charge < -0.3 is 10.4 Å². The SMILES string of the molecule is OCC(CNCc1cc2ccccc2s1)Cc1ccccn1. The van der Waals surface area contributed by atoms with Crippen molar-refractivity contribution < 1.29 is 5.11 Å². The number of nitrogens with one attached hydrogen (secondary N) is 1. The number of benzene rings is 1. The van der Waals surface area contributed by atoms with E-state index in [-0.39, 0.29) is 12.5 Å². The van der Waals surface area contributed by atoms with Crippen LogP contribution in [0.4, 0.5) is 0 Å². The third kappa shape index (κ3) is 3.91. The Labute approximate surface area is 134 Å². The number of nitrogens with zero attached hydrogens (tertiary/aromatic N) is 1. The van der Waals surface area contributed by atoms with Crippen molar-refractivity contribution in [3.8, 4) is 0 Å². The fraction of sp³-hybridized carbons (Fsp3) is 0.278. The minimum Gasteiger partial charge on any atom is -0.396 e. The first-order valence-corrected chi connectivity index (χ1v) is 8.36. The summed E-state index contributed by atoms with van der Waals surface area (Å²) in [6.07, 6.45) is 2.60. The van der Waals surface area contributed by atoms with Gasteiger partial charge in [-0.05, 0) is 42.0 Å². The Balaban J connectivity index is 1.52. The van der Waals surface area contributed by atoms with E-state index in [1.807, 2.05) is 29.5 Å². The zero-order valence-corrected chi connectivity index (χ0v) is 13.2. The lowest BCUT2D eigenvalue weighted by Gasteiger charge is -2.14. The molecule has 4 heteroatoms. The van der Waals surface area contributed by atoms with E-state index in [9.17, 15) is 5.11 Å². The van der Waals surface area contributed by atoms with Gasteiger partial charge in [0.2, 0.25) is 0 Å². The van der Waals surface area contributed by atoms with Crippen LogP contribution >= 0.6 is 11.3 Å². The van der Waals surface area contributed by atoms with Gasteiger partial charge in [0.15, 0.2) is 0 Å². The smallest absolute Gasteiger partial charge is 0.0475 e. The molecule has 1 unspecified atom stereocenters. The number of hydrogen-bond acceptors (Lipinski definition) is 4. The summed E-state index contributed by atoms with van der Waals surface area (Å²) in [6.45, 7) is 1.81. The molecule has 1 atom stereocenters. The van der Waals surface area contributed by atoms with Crippen molar-refractivity contribution in [1.82, 2.24) is 10.3 Å². The van der Waals surface area contributed by atoms with Crippen LogP contribution in [-0.4, -0.2) is 23.2 Å². The number of aliphatic hydroxyl groups excluding tert-OH is 1. The van der Waals surface area contributed by atoms with Crippen molar-refractivity contribution in [3.05, 3.63) is 65.3 Å². The molecular weight excluding hydrogens is 292 g/mol. The molecule has 114 valence electrons. The molecule has 2 heterocycles. The number of thiophene rings is 1. The molecule has 0 amide bonds. The summed E-state index contributed by atoms with van der Waals surface area (Å²) in [6, 6.07) is 16.6. The normalized spacial score (nSPS) is 12.6. The van der Waals surface area contributed by atoms with Gasteiger partial charge in [-0.25, -0.2) is 0 Å². The molecule has 3 aromatic rings. The Morgan fingerprint density at radius 3 is 2.77 bits per heavy atom. The summed E-state index contributed by atoms with van der Waals surface area (Å²) < 4.78 is 1.33. The van der Waals surface area contributed by atoms with Crippen LogP contribution in [0.25, 0.3) is 10.1 Å². The maximum atomic E-state index is 9.53. The van der Waals surface area contributed by atoms with Crippen LogP contribution in [0.5, 0.6) is 0 Å². The lowest BCUT2D eigenvalue weighted by atomic mass is 10.0. The van der Waals surface area contributed by atoms with E-state index >= 15 is 0 Å². The zero-order valence-electron chi connectivity index (χ0n) is 12.4. The van der Waals surface area contributed by atoms with Crippen molar-refractivity contribution in [2.24, 2.45) is 5.92 Å². The van der Waals surface area contributed by atoms with Crippen LogP contribution in [0.1, 0.15) is 10.6 Å². The number of hydrogen-bond donors (Lipinski definition) is 2. The van der Waals surface area contributed by atoms with Gasteiger partial charge in [-0.15, -0.1) is 11.3 Å². The summed E-state index contributed by atoms with van der Waals surface area (Å²) in [7, 11) is 0. The van der Waals surface area contributed by atoms with Crippen molar-refractivity contribution >= 4 is 21.4 Å². The molecule has 0 aliphatic rings. The number of fused-ring (bicyclic) bond motifs is 1. The number of aromatic nitrogens is 1. The Morgan fingerprint density at radius 2 is 2.00 bits per heavy atom. The highest BCUT2D eigenvalue weighted by Gasteiger charge is 2.09. The minimum atomic E-state index is 0.177. The standard InChI is InChI=1S/C18H20N2OS/c21-13-14(9-16-6-3-4-8-20-16)11-19-12-17-10-15-5-1-2-7-18(15)22-17/h1-8,10,14,19,21H,9,11-13H2. The summed E-state index contributed by atoms with van der Waals surface area (Å²) in [5.74, 6) is 0.198. The van der Waals surface area contributed by atoms with E-state index in [2.05, 4.69) is 40.6 Å². The van der Waals surface area contributed by atoms with Crippen LogP contribution in [-0.2, 0) is 13.0 Å². The van der Waals surface area contributed by atoms with Crippen LogP contribution in [0.3, 0.4) is 0 Å². The van der Waals surface area contributed by atoms with Crippen LogP contribution in [0.15, 0.2) is 54.7 Å². The quantitative estimate of drug-likeness (QED) is 0.704. The van der Waals surface area contributed by atoms with Crippen LogP contribution in [0, 0.1) is 5.92 Å². The van der Waals surface area contributed by atoms with E-state index in [1.165, 1.54) is 15.0 Å². The predicted molar refractivity (Wildman–Crippen MR) is 92.0 cm³/mol. The van der Waals surface area contributed by atoms with Crippen molar-refractivity contribution in [2.45, 2.75) is 13.0 Å². The summed E-state index contributed by atoms with van der Waals surface area (Å²) >= 11 is 1.82. The summed E-state index contributed by atoms with van der Waals surface area (Å²) in [5, 5.41) is 14.3. The molecule has 3 nitrogen and oxygen atoms in total. The Morgan fingerprint density at radius 1 is 1.14 bits per heavy atom. The number of rotatable bonds is 7. The summed E-state index contributed by atoms with van der Waals surface area (Å²) in [4.78, 5) is 5.65. The van der Waals surface area contributed by atoms with E-state index < -0.39 is 0 Å². The molecule has 0 aliphatic heterocycles. The van der Waals surface area contributed by atoms with Gasteiger partial charge in [0.05, 0.1) is 0 Å². The second-order valence-corrected chi connectivity index (χ2v) is 6.62. The van der Waals surface area contributed by atoms with Gasteiger partial charge in [-0.3, -0.25) is 4.98 Å². The topological polar surface area (TPSA) is 45.1 Å². The molecule has 0 saturated heterocycles. The molecule has 2 aromatic heterocycles. The Kier molecular flexibility index (Phi) is 5.16. The molecule has 3 rings (SSSR count). The highest BCUT2D eigenvalue weighted by Crippen LogP contribution is 2.25. The molecule has 0 spiro atoms. The fourth-order valence-corrected chi connectivity index (χ4v) is 3.57. The molecule has 22 heavy (non-hydrogen) atoms. The maximum absolute atomic E-state index is 9.53. The van der Waals surface area contributed by atoms with E-state index in [0.29, 0.717) is 0 Å². The van der Waals surface area contributed by atoms with Crippen molar-refractivity contribution in [2.75, 3.05) is 13.2 Å². The van der Waals surface area contributed by atoms with Gasteiger partial charge in [0.1, 0.15) is 0 Å². The largest absolute Gasteiger partial charge is 0.396 e. The average molecular weight is 312 g/mol. The fourth-order valence-electron chi connectivity index (χ4n) is 2.54. The predicted octanol–water partition coefficient (Wildman–Crippen LogP) is 3.24. The first kappa shape index (κ1) is 15.2. The molecular formula is C18H20N2OS. The van der Waals surface area contributed by atoms with Crippen LogP contribution < -0.4 is 5.32 Å². The minimum absolute atomic E-state index is 0.177. The van der Waals surface area contributed by atoms with Gasteiger partial charge in [-0.2, -0.15) is 0 Å². The van der Waals surface area contributed by atoms with E-state index in [4.69, 9.17) is 0 Å². The molecule has 0 bridgehead atoms. The second-order valence-electron chi connectivity index (χ2n) is 5.46. The first-order chi connectivity index (χ1) is 10.8. The molecule has 0 aliphatic carbocycles. The molecule has 1 aromatic carbocycles. The average Bonchev–Trinajstić information content (AvgIpc) is 2.97. The highest BCUT2D eigenvalue weighted by molar-refractivity contribution is 7.19. The Hall–Kier alpha value is -1.75. The monoisotopic (exact) mass is 312 g/mol. The van der Waals surface area contributed by atoms with Crippen LogP contribution in [0.2, 0.25) is 0 Å². The van der Waals surface area contributed by atoms with E-state index in [1.54, 1.807) is 6.20 Å². The molecule has 2 N–H and O–H groups in total. The first-order valence-electron chi connectivity index (χ1n) is 7.54. The molecule has 0 saturated carbocycles. The lowest BCUT2D eigenvalue weighted by Crippen LogP contribution is -2.26. The Bertz CT molecular complexity index is 678.